The highest BCUT2D eigenvalue weighted by atomic mass is 16.5. The van der Waals surface area contributed by atoms with Crippen LogP contribution in [0, 0.1) is 0 Å². The third-order valence-corrected chi connectivity index (χ3v) is 1.56. The van der Waals surface area contributed by atoms with Gasteiger partial charge in [-0.05, 0) is 7.05 Å². The number of primary amides is 1. The summed E-state index contributed by atoms with van der Waals surface area (Å²) in [5.74, 6) is 0.0113. The smallest absolute Gasteiger partial charge is 0.315 e. The Bertz CT molecular complexity index is 327. The predicted octanol–water partition coefficient (Wildman–Crippen LogP) is -1.30. The van der Waals surface area contributed by atoms with Crippen LogP contribution >= 0.6 is 0 Å². The molecule has 0 aliphatic carbocycles. The average Bonchev–Trinajstić information content (AvgIpc) is 2.65. The molecule has 0 radical (unpaired) electrons. The minimum absolute atomic E-state index is 0.0868. The standard InChI is InChI=1S/C8H15N5O3/c1-10-4-7-12-13-8(16-7)11-2-3-15-5-6(9)14/h10H,2-5H2,1H3,(H2,9,14)(H,11,13). The van der Waals surface area contributed by atoms with Crippen LogP contribution in [-0.2, 0) is 16.1 Å². The van der Waals surface area contributed by atoms with Crippen LogP contribution in [0.3, 0.4) is 0 Å². The fraction of sp³-hybridized carbons (Fsp3) is 0.625. The SMILES string of the molecule is CNCc1nnc(NCCOCC(N)=O)o1. The molecule has 8 heteroatoms. The fourth-order valence-corrected chi connectivity index (χ4v) is 0.951. The molecule has 1 aromatic rings. The number of hydrogen-bond donors (Lipinski definition) is 3. The summed E-state index contributed by atoms with van der Waals surface area (Å²) in [5.41, 5.74) is 4.89. The van der Waals surface area contributed by atoms with Crippen molar-refractivity contribution in [2.24, 2.45) is 5.73 Å². The lowest BCUT2D eigenvalue weighted by Gasteiger charge is -2.01. The van der Waals surface area contributed by atoms with Gasteiger partial charge in [-0.15, -0.1) is 5.10 Å². The van der Waals surface area contributed by atoms with Crippen LogP contribution in [0.1, 0.15) is 5.89 Å². The maximum atomic E-state index is 10.3. The van der Waals surface area contributed by atoms with E-state index >= 15 is 0 Å². The first-order chi connectivity index (χ1) is 7.72. The molecule has 0 unspecified atom stereocenters. The number of carbonyl (C=O) groups is 1. The quantitative estimate of drug-likeness (QED) is 0.474. The predicted molar refractivity (Wildman–Crippen MR) is 55.6 cm³/mol. The molecule has 0 aliphatic rings. The van der Waals surface area contributed by atoms with Gasteiger partial charge in [0.05, 0.1) is 13.2 Å². The Morgan fingerprint density at radius 2 is 2.38 bits per heavy atom. The number of anilines is 1. The normalized spacial score (nSPS) is 10.3. The number of nitrogens with zero attached hydrogens (tertiary/aromatic N) is 2. The van der Waals surface area contributed by atoms with Gasteiger partial charge in [0.2, 0.25) is 11.8 Å². The molecular weight excluding hydrogens is 214 g/mol. The van der Waals surface area contributed by atoms with E-state index in [4.69, 9.17) is 14.9 Å². The third kappa shape index (κ3) is 4.71. The summed E-state index contributed by atoms with van der Waals surface area (Å²) in [5, 5.41) is 13.3. The van der Waals surface area contributed by atoms with E-state index in [2.05, 4.69) is 20.8 Å². The molecule has 1 amide bonds. The zero-order chi connectivity index (χ0) is 11.8. The fourth-order valence-electron chi connectivity index (χ4n) is 0.951. The molecule has 0 fully saturated rings. The largest absolute Gasteiger partial charge is 0.407 e. The van der Waals surface area contributed by atoms with Gasteiger partial charge in [0.15, 0.2) is 0 Å². The van der Waals surface area contributed by atoms with Gasteiger partial charge in [0, 0.05) is 6.54 Å². The molecular formula is C8H15N5O3. The van der Waals surface area contributed by atoms with Crippen molar-refractivity contribution >= 4 is 11.9 Å². The molecule has 1 rings (SSSR count). The first kappa shape index (κ1) is 12.4. The number of rotatable bonds is 8. The number of amides is 1. The van der Waals surface area contributed by atoms with Crippen molar-refractivity contribution < 1.29 is 13.9 Å². The lowest BCUT2D eigenvalue weighted by Crippen LogP contribution is -2.20. The van der Waals surface area contributed by atoms with Crippen LogP contribution in [0.5, 0.6) is 0 Å². The summed E-state index contributed by atoms with van der Waals surface area (Å²) >= 11 is 0. The van der Waals surface area contributed by atoms with E-state index in [0.717, 1.165) is 0 Å². The summed E-state index contributed by atoms with van der Waals surface area (Å²) in [6.07, 6.45) is 0. The van der Waals surface area contributed by atoms with Gasteiger partial charge in [-0.3, -0.25) is 4.79 Å². The van der Waals surface area contributed by atoms with Crippen molar-refractivity contribution in [3.63, 3.8) is 0 Å². The molecule has 8 nitrogen and oxygen atoms in total. The van der Waals surface area contributed by atoms with Crippen molar-refractivity contribution in [3.8, 4) is 0 Å². The molecule has 0 spiro atoms. The maximum Gasteiger partial charge on any atom is 0.315 e. The molecule has 0 saturated carbocycles. The second-order valence-electron chi connectivity index (χ2n) is 2.98. The van der Waals surface area contributed by atoms with Gasteiger partial charge in [-0.2, -0.15) is 0 Å². The highest BCUT2D eigenvalue weighted by Crippen LogP contribution is 2.03. The molecule has 1 aromatic heterocycles. The van der Waals surface area contributed by atoms with Crippen molar-refractivity contribution in [1.29, 1.82) is 0 Å². The van der Waals surface area contributed by atoms with Gasteiger partial charge in [0.25, 0.3) is 0 Å². The summed E-state index contributed by atoms with van der Waals surface area (Å²) in [6, 6.07) is 0.327. The molecule has 0 aliphatic heterocycles. The Hall–Kier alpha value is -1.67. The van der Waals surface area contributed by atoms with Crippen molar-refractivity contribution in [2.45, 2.75) is 6.54 Å². The van der Waals surface area contributed by atoms with Crippen LogP contribution in [0.2, 0.25) is 0 Å². The van der Waals surface area contributed by atoms with Crippen LogP contribution < -0.4 is 16.4 Å². The van der Waals surface area contributed by atoms with Crippen LogP contribution in [-0.4, -0.2) is 42.9 Å². The Morgan fingerprint density at radius 1 is 1.56 bits per heavy atom. The second kappa shape index (κ2) is 6.75. The topological polar surface area (TPSA) is 115 Å². The van der Waals surface area contributed by atoms with Gasteiger partial charge in [-0.25, -0.2) is 0 Å². The van der Waals surface area contributed by atoms with E-state index in [1.54, 1.807) is 7.05 Å². The van der Waals surface area contributed by atoms with Crippen molar-refractivity contribution in [3.05, 3.63) is 5.89 Å². The molecule has 0 aromatic carbocycles. The molecule has 0 bridgehead atoms. The molecule has 1 heterocycles. The van der Waals surface area contributed by atoms with Crippen LogP contribution in [0.4, 0.5) is 6.01 Å². The third-order valence-electron chi connectivity index (χ3n) is 1.56. The minimum Gasteiger partial charge on any atom is -0.407 e. The van der Waals surface area contributed by atoms with Crippen LogP contribution in [0.25, 0.3) is 0 Å². The first-order valence-corrected chi connectivity index (χ1v) is 4.79. The van der Waals surface area contributed by atoms with Crippen molar-refractivity contribution in [2.75, 3.05) is 32.1 Å². The van der Waals surface area contributed by atoms with E-state index in [1.807, 2.05) is 0 Å². The Morgan fingerprint density at radius 3 is 3.06 bits per heavy atom. The zero-order valence-electron chi connectivity index (χ0n) is 9.02. The molecule has 4 N–H and O–H groups in total. The average molecular weight is 229 g/mol. The number of hydrogen-bond acceptors (Lipinski definition) is 7. The van der Waals surface area contributed by atoms with E-state index in [-0.39, 0.29) is 6.61 Å². The van der Waals surface area contributed by atoms with E-state index in [9.17, 15) is 4.79 Å². The molecule has 90 valence electrons. The monoisotopic (exact) mass is 229 g/mol. The first-order valence-electron chi connectivity index (χ1n) is 4.79. The van der Waals surface area contributed by atoms with Gasteiger partial charge in [-0.1, -0.05) is 5.10 Å². The van der Waals surface area contributed by atoms with Gasteiger partial charge < -0.3 is 25.5 Å². The summed E-state index contributed by atoms with van der Waals surface area (Å²) in [4.78, 5) is 10.3. The van der Waals surface area contributed by atoms with Gasteiger partial charge >= 0.3 is 6.01 Å². The van der Waals surface area contributed by atoms with Crippen LogP contribution in [0.15, 0.2) is 4.42 Å². The van der Waals surface area contributed by atoms with Gasteiger partial charge in [0.1, 0.15) is 6.61 Å². The minimum atomic E-state index is -0.492. The lowest BCUT2D eigenvalue weighted by atomic mass is 10.6. The van der Waals surface area contributed by atoms with E-state index in [0.29, 0.717) is 31.6 Å². The molecule has 16 heavy (non-hydrogen) atoms. The highest BCUT2D eigenvalue weighted by molar-refractivity contribution is 5.74. The number of carbonyl (C=O) groups excluding carboxylic acids is 1. The Labute approximate surface area is 92.5 Å². The highest BCUT2D eigenvalue weighted by Gasteiger charge is 2.03. The molecule has 0 atom stereocenters. The number of nitrogens with one attached hydrogen (secondary N) is 2. The second-order valence-corrected chi connectivity index (χ2v) is 2.98. The van der Waals surface area contributed by atoms with Crippen molar-refractivity contribution in [1.82, 2.24) is 15.5 Å². The number of ether oxygens (including phenoxy) is 1. The summed E-state index contributed by atoms with van der Waals surface area (Å²) in [7, 11) is 1.79. The Kier molecular flexibility index (Phi) is 5.23. The van der Waals surface area contributed by atoms with E-state index < -0.39 is 5.91 Å². The number of nitrogens with two attached hydrogens (primary N) is 1. The van der Waals surface area contributed by atoms with E-state index in [1.165, 1.54) is 0 Å². The lowest BCUT2D eigenvalue weighted by molar-refractivity contribution is -0.122. The summed E-state index contributed by atoms with van der Waals surface area (Å²) in [6.45, 7) is 1.24. The Balaban J connectivity index is 2.14. The summed E-state index contributed by atoms with van der Waals surface area (Å²) < 4.78 is 10.1. The maximum absolute atomic E-state index is 10.3. The number of aromatic nitrogens is 2. The zero-order valence-corrected chi connectivity index (χ0v) is 9.02. The molecule has 0 saturated heterocycles.